The molecule has 0 unspecified atom stereocenters. The van der Waals surface area contributed by atoms with E-state index < -0.39 is 0 Å². The Bertz CT molecular complexity index is 457. The highest BCUT2D eigenvalue weighted by Gasteiger charge is 2.20. The van der Waals surface area contributed by atoms with Crippen molar-refractivity contribution in [3.8, 4) is 5.75 Å². The maximum atomic E-state index is 12.2. The molecule has 1 aliphatic carbocycles. The van der Waals surface area contributed by atoms with Crippen molar-refractivity contribution in [3.05, 3.63) is 29.3 Å². The summed E-state index contributed by atoms with van der Waals surface area (Å²) in [6.45, 7) is 1.96. The molecule has 1 aromatic carbocycles. The maximum absolute atomic E-state index is 12.2. The van der Waals surface area contributed by atoms with E-state index in [9.17, 15) is 4.79 Å². The Balaban J connectivity index is 0.00000200. The van der Waals surface area contributed by atoms with Gasteiger partial charge >= 0.3 is 0 Å². The van der Waals surface area contributed by atoms with Crippen molar-refractivity contribution in [2.24, 2.45) is 5.73 Å². The number of hydrogen-bond acceptors (Lipinski definition) is 3. The summed E-state index contributed by atoms with van der Waals surface area (Å²) in [4.78, 5) is 12.2. The van der Waals surface area contributed by atoms with Crippen molar-refractivity contribution < 1.29 is 9.53 Å². The van der Waals surface area contributed by atoms with Gasteiger partial charge in [0.1, 0.15) is 5.75 Å². The van der Waals surface area contributed by atoms with Crippen LogP contribution >= 0.6 is 12.4 Å². The zero-order valence-corrected chi connectivity index (χ0v) is 12.8. The van der Waals surface area contributed by atoms with Gasteiger partial charge < -0.3 is 15.8 Å². The van der Waals surface area contributed by atoms with Gasteiger partial charge in [0.15, 0.2) is 0 Å². The van der Waals surface area contributed by atoms with Crippen molar-refractivity contribution in [2.75, 3.05) is 7.11 Å². The molecule has 0 spiro atoms. The molecule has 0 radical (unpaired) electrons. The lowest BCUT2D eigenvalue weighted by Gasteiger charge is -2.26. The molecule has 4 nitrogen and oxygen atoms in total. The third-order valence-corrected chi connectivity index (χ3v) is 3.78. The molecule has 2 rings (SSSR count). The molecule has 20 heavy (non-hydrogen) atoms. The van der Waals surface area contributed by atoms with E-state index in [2.05, 4.69) is 5.32 Å². The predicted octanol–water partition coefficient (Wildman–Crippen LogP) is 2.43. The largest absolute Gasteiger partial charge is 0.496 e. The van der Waals surface area contributed by atoms with Gasteiger partial charge in [-0.3, -0.25) is 4.79 Å². The van der Waals surface area contributed by atoms with Crippen molar-refractivity contribution >= 4 is 18.3 Å². The lowest BCUT2D eigenvalue weighted by molar-refractivity contribution is 0.0925. The lowest BCUT2D eigenvalue weighted by atomic mass is 9.91. The van der Waals surface area contributed by atoms with Gasteiger partial charge in [0.05, 0.1) is 7.11 Å². The summed E-state index contributed by atoms with van der Waals surface area (Å²) in [5.74, 6) is 0.720. The van der Waals surface area contributed by atoms with E-state index in [1.54, 1.807) is 13.2 Å². The molecular formula is C15H23ClN2O2. The summed E-state index contributed by atoms with van der Waals surface area (Å²) >= 11 is 0. The van der Waals surface area contributed by atoms with Gasteiger partial charge in [-0.05, 0) is 50.3 Å². The van der Waals surface area contributed by atoms with E-state index in [1.165, 1.54) is 0 Å². The minimum Gasteiger partial charge on any atom is -0.496 e. The number of benzene rings is 1. The first-order valence-electron chi connectivity index (χ1n) is 6.81. The molecule has 5 heteroatoms. The fraction of sp³-hybridized carbons (Fsp3) is 0.533. The fourth-order valence-corrected chi connectivity index (χ4v) is 2.49. The summed E-state index contributed by atoms with van der Waals surface area (Å²) in [6, 6.07) is 6.08. The van der Waals surface area contributed by atoms with Gasteiger partial charge in [0.2, 0.25) is 0 Å². The van der Waals surface area contributed by atoms with Crippen LogP contribution in [0.1, 0.15) is 41.6 Å². The number of aryl methyl sites for hydroxylation is 1. The quantitative estimate of drug-likeness (QED) is 0.901. The fourth-order valence-electron chi connectivity index (χ4n) is 2.49. The van der Waals surface area contributed by atoms with Crippen LogP contribution in [-0.2, 0) is 0 Å². The summed E-state index contributed by atoms with van der Waals surface area (Å²) in [5, 5.41) is 3.08. The number of rotatable bonds is 3. The molecule has 0 aromatic heterocycles. The van der Waals surface area contributed by atoms with E-state index in [0.29, 0.717) is 11.6 Å². The van der Waals surface area contributed by atoms with Gasteiger partial charge in [-0.25, -0.2) is 0 Å². The highest BCUT2D eigenvalue weighted by molar-refractivity contribution is 5.94. The number of nitrogens with two attached hydrogens (primary N) is 1. The second-order valence-corrected chi connectivity index (χ2v) is 5.27. The van der Waals surface area contributed by atoms with Crippen LogP contribution in [0.4, 0.5) is 0 Å². The number of carbonyl (C=O) groups excluding carboxylic acids is 1. The van der Waals surface area contributed by atoms with Crippen molar-refractivity contribution in [1.82, 2.24) is 5.32 Å². The summed E-state index contributed by atoms with van der Waals surface area (Å²) in [6.07, 6.45) is 3.91. The van der Waals surface area contributed by atoms with Crippen LogP contribution in [0, 0.1) is 6.92 Å². The topological polar surface area (TPSA) is 64.3 Å². The van der Waals surface area contributed by atoms with Crippen LogP contribution < -0.4 is 15.8 Å². The van der Waals surface area contributed by atoms with Crippen LogP contribution in [0.3, 0.4) is 0 Å². The molecule has 3 N–H and O–H groups in total. The van der Waals surface area contributed by atoms with E-state index in [1.807, 2.05) is 19.1 Å². The van der Waals surface area contributed by atoms with Gasteiger partial charge in [0, 0.05) is 17.6 Å². The van der Waals surface area contributed by atoms with E-state index in [4.69, 9.17) is 10.5 Å². The molecule has 1 aromatic rings. The van der Waals surface area contributed by atoms with Gasteiger partial charge in [-0.1, -0.05) is 6.07 Å². The number of methoxy groups -OCH3 is 1. The summed E-state index contributed by atoms with van der Waals surface area (Å²) in [7, 11) is 1.62. The third-order valence-electron chi connectivity index (χ3n) is 3.78. The minimum atomic E-state index is -0.0289. The lowest BCUT2D eigenvalue weighted by Crippen LogP contribution is -2.40. The number of ether oxygens (including phenoxy) is 1. The predicted molar refractivity (Wildman–Crippen MR) is 82.7 cm³/mol. The van der Waals surface area contributed by atoms with E-state index in [-0.39, 0.29) is 24.4 Å². The van der Waals surface area contributed by atoms with Crippen LogP contribution in [-0.4, -0.2) is 25.1 Å². The van der Waals surface area contributed by atoms with Gasteiger partial charge in [-0.15, -0.1) is 12.4 Å². The van der Waals surface area contributed by atoms with Crippen LogP contribution in [0.2, 0.25) is 0 Å². The molecule has 1 aliphatic rings. The second-order valence-electron chi connectivity index (χ2n) is 5.27. The zero-order chi connectivity index (χ0) is 13.8. The smallest absolute Gasteiger partial charge is 0.251 e. The first kappa shape index (κ1) is 16.8. The first-order valence-corrected chi connectivity index (χ1v) is 6.81. The Morgan fingerprint density at radius 1 is 1.30 bits per heavy atom. The molecule has 0 atom stereocenters. The second kappa shape index (κ2) is 7.50. The Hall–Kier alpha value is -1.26. The Labute approximate surface area is 126 Å². The molecule has 0 heterocycles. The molecule has 1 fully saturated rings. The average Bonchev–Trinajstić information content (AvgIpc) is 2.42. The zero-order valence-electron chi connectivity index (χ0n) is 12.0. The molecule has 112 valence electrons. The number of amides is 1. The van der Waals surface area contributed by atoms with Crippen LogP contribution in [0.15, 0.2) is 18.2 Å². The molecule has 1 saturated carbocycles. The molecule has 0 aliphatic heterocycles. The van der Waals surface area contributed by atoms with E-state index in [0.717, 1.165) is 37.0 Å². The molecular weight excluding hydrogens is 276 g/mol. The number of nitrogens with one attached hydrogen (secondary N) is 1. The molecule has 0 bridgehead atoms. The minimum absolute atomic E-state index is 0. The highest BCUT2D eigenvalue weighted by Crippen LogP contribution is 2.20. The Kier molecular flexibility index (Phi) is 6.30. The number of hydrogen-bond donors (Lipinski definition) is 2. The highest BCUT2D eigenvalue weighted by atomic mass is 35.5. The van der Waals surface area contributed by atoms with Crippen molar-refractivity contribution in [2.45, 2.75) is 44.7 Å². The maximum Gasteiger partial charge on any atom is 0.251 e. The summed E-state index contributed by atoms with van der Waals surface area (Å²) in [5.41, 5.74) is 7.54. The first-order chi connectivity index (χ1) is 9.10. The van der Waals surface area contributed by atoms with Gasteiger partial charge in [-0.2, -0.15) is 0 Å². The average molecular weight is 299 g/mol. The van der Waals surface area contributed by atoms with Crippen LogP contribution in [0.5, 0.6) is 5.75 Å². The molecule has 0 saturated heterocycles. The van der Waals surface area contributed by atoms with Crippen molar-refractivity contribution in [3.63, 3.8) is 0 Å². The van der Waals surface area contributed by atoms with Crippen molar-refractivity contribution in [1.29, 1.82) is 0 Å². The standard InChI is InChI=1S/C15H22N2O2.ClH/c1-10-3-4-11(9-14(10)19-2)15(18)17-13-7-5-12(16)6-8-13;/h3-4,9,12-13H,5-8,16H2,1-2H3,(H,17,18);1H. The Morgan fingerprint density at radius 3 is 2.55 bits per heavy atom. The normalized spacial score (nSPS) is 21.8. The van der Waals surface area contributed by atoms with Gasteiger partial charge in [0.25, 0.3) is 5.91 Å². The SMILES string of the molecule is COc1cc(C(=O)NC2CCC(N)CC2)ccc1C.Cl. The van der Waals surface area contributed by atoms with E-state index >= 15 is 0 Å². The summed E-state index contributed by atoms with van der Waals surface area (Å²) < 4.78 is 5.24. The number of halogens is 1. The Morgan fingerprint density at radius 2 is 1.95 bits per heavy atom. The third kappa shape index (κ3) is 4.12. The molecule has 1 amide bonds. The van der Waals surface area contributed by atoms with Crippen LogP contribution in [0.25, 0.3) is 0 Å². The monoisotopic (exact) mass is 298 g/mol. The number of carbonyl (C=O) groups is 1.